The van der Waals surface area contributed by atoms with Gasteiger partial charge in [0, 0.05) is 5.69 Å². The topological polar surface area (TPSA) is 61.8 Å². The molecule has 0 aliphatic heterocycles. The Morgan fingerprint density at radius 1 is 0.473 bits per heavy atom. The fourth-order valence-electron chi connectivity index (χ4n) is 7.13. The van der Waals surface area contributed by atoms with Crippen molar-refractivity contribution in [1.29, 1.82) is 5.26 Å². The Kier molecular flexibility index (Phi) is 10.8. The molecule has 55 heavy (non-hydrogen) atoms. The van der Waals surface area contributed by atoms with E-state index >= 15 is 0 Å². The number of aryl methyl sites for hydroxylation is 1. The highest BCUT2D eigenvalue weighted by Gasteiger charge is 2.17. The summed E-state index contributed by atoms with van der Waals surface area (Å²) < 4.78 is 0. The van der Waals surface area contributed by atoms with E-state index < -0.39 is 0 Å². The predicted molar refractivity (Wildman–Crippen MR) is 237 cm³/mol. The van der Waals surface area contributed by atoms with Gasteiger partial charge in [0.05, 0.1) is 23.0 Å². The first kappa shape index (κ1) is 36.0. The van der Waals surface area contributed by atoms with E-state index in [0.29, 0.717) is 11.3 Å². The van der Waals surface area contributed by atoms with Crippen LogP contribution in [0, 0.1) is 18.3 Å². The fraction of sp³-hybridized carbons (Fsp3) is 0.0192. The van der Waals surface area contributed by atoms with Gasteiger partial charge in [-0.05, 0) is 109 Å². The lowest BCUT2D eigenvalue weighted by Gasteiger charge is -2.18. The van der Waals surface area contributed by atoms with Gasteiger partial charge in [-0.15, -0.1) is 13.2 Å². The second-order valence-electron chi connectivity index (χ2n) is 13.3. The molecular weight excluding hydrogens is 667 g/mol. The number of nitrogens with one attached hydrogen (secondary N) is 1. The van der Waals surface area contributed by atoms with Crippen LogP contribution in [0.3, 0.4) is 0 Å². The highest BCUT2D eigenvalue weighted by molar-refractivity contribution is 6.21. The van der Waals surface area contributed by atoms with Crippen molar-refractivity contribution in [3.05, 3.63) is 212 Å². The third-order valence-corrected chi connectivity index (χ3v) is 9.74. The minimum atomic E-state index is 0.542. The Balaban J connectivity index is 0.000000261. The molecule has 0 spiro atoms. The first-order valence-electron chi connectivity index (χ1n) is 18.3. The maximum atomic E-state index is 9.19. The van der Waals surface area contributed by atoms with Gasteiger partial charge >= 0.3 is 0 Å². The van der Waals surface area contributed by atoms with Crippen molar-refractivity contribution in [2.45, 2.75) is 6.92 Å². The molecule has 3 N–H and O–H groups in total. The maximum absolute atomic E-state index is 9.19. The minimum Gasteiger partial charge on any atom is -0.397 e. The third-order valence-electron chi connectivity index (χ3n) is 9.74. The number of nitriles is 1. The Morgan fingerprint density at radius 3 is 1.58 bits per heavy atom. The van der Waals surface area contributed by atoms with Crippen LogP contribution in [0.25, 0.3) is 65.7 Å². The summed E-state index contributed by atoms with van der Waals surface area (Å²) in [7, 11) is 0. The van der Waals surface area contributed by atoms with Crippen molar-refractivity contribution in [2.75, 3.05) is 11.1 Å². The monoisotopic (exact) mass is 707 g/mol. The summed E-state index contributed by atoms with van der Waals surface area (Å²) >= 11 is 0. The fourth-order valence-corrected chi connectivity index (χ4v) is 7.13. The summed E-state index contributed by atoms with van der Waals surface area (Å²) in [5.74, 6) is 0. The van der Waals surface area contributed by atoms with E-state index in [9.17, 15) is 5.26 Å². The van der Waals surface area contributed by atoms with Crippen LogP contribution in [-0.4, -0.2) is 0 Å². The molecule has 0 aromatic heterocycles. The van der Waals surface area contributed by atoms with Crippen molar-refractivity contribution in [1.82, 2.24) is 0 Å². The SMILES string of the molecule is C=C.Cc1ccc(-c2ccccc2)cc1.N#Cc1ccc(Nc2cccc(-c3c4ccccc4c(-c4ccc5ccccc5c4)c4ccccc34)c2)c(N)c1. The number of hydrogen-bond acceptors (Lipinski definition) is 3. The van der Waals surface area contributed by atoms with Gasteiger partial charge in [0.15, 0.2) is 0 Å². The molecule has 0 aliphatic carbocycles. The molecule has 0 saturated heterocycles. The molecule has 3 nitrogen and oxygen atoms in total. The number of benzene rings is 9. The van der Waals surface area contributed by atoms with Crippen molar-refractivity contribution in [3.63, 3.8) is 0 Å². The molecule has 0 radical (unpaired) electrons. The number of rotatable bonds is 5. The Morgan fingerprint density at radius 2 is 0.982 bits per heavy atom. The van der Waals surface area contributed by atoms with E-state index in [1.807, 2.05) is 18.2 Å². The maximum Gasteiger partial charge on any atom is 0.0992 e. The zero-order valence-electron chi connectivity index (χ0n) is 30.8. The zero-order chi connectivity index (χ0) is 38.1. The van der Waals surface area contributed by atoms with E-state index in [-0.39, 0.29) is 0 Å². The number of fused-ring (bicyclic) bond motifs is 3. The Labute approximate surface area is 323 Å². The average Bonchev–Trinajstić information content (AvgIpc) is 3.25. The number of hydrogen-bond donors (Lipinski definition) is 2. The van der Waals surface area contributed by atoms with Crippen molar-refractivity contribution in [2.24, 2.45) is 0 Å². The van der Waals surface area contributed by atoms with Crippen LogP contribution in [0.15, 0.2) is 201 Å². The Hall–Kier alpha value is -7.41. The van der Waals surface area contributed by atoms with E-state index in [1.54, 1.807) is 12.1 Å². The van der Waals surface area contributed by atoms with Gasteiger partial charge in [-0.1, -0.05) is 157 Å². The minimum absolute atomic E-state index is 0.542. The van der Waals surface area contributed by atoms with Crippen molar-refractivity contribution < 1.29 is 0 Å². The molecule has 264 valence electrons. The molecule has 9 rings (SSSR count). The second-order valence-corrected chi connectivity index (χ2v) is 13.3. The molecule has 0 fully saturated rings. The van der Waals surface area contributed by atoms with Gasteiger partial charge in [-0.3, -0.25) is 0 Å². The van der Waals surface area contributed by atoms with Crippen LogP contribution < -0.4 is 11.1 Å². The molecular formula is C52H41N3. The summed E-state index contributed by atoms with van der Waals surface area (Å²) in [6, 6.07) is 67.6. The smallest absolute Gasteiger partial charge is 0.0992 e. The first-order valence-corrected chi connectivity index (χ1v) is 18.3. The molecule has 3 heteroatoms. The van der Waals surface area contributed by atoms with E-state index in [1.165, 1.54) is 65.7 Å². The first-order chi connectivity index (χ1) is 27.1. The quantitative estimate of drug-likeness (QED) is 0.106. The number of nitrogen functional groups attached to an aromatic ring is 1. The molecule has 0 atom stereocenters. The van der Waals surface area contributed by atoms with Gasteiger partial charge in [-0.2, -0.15) is 5.26 Å². The molecule has 9 aromatic carbocycles. The zero-order valence-corrected chi connectivity index (χ0v) is 30.8. The lowest BCUT2D eigenvalue weighted by Crippen LogP contribution is -1.97. The third kappa shape index (κ3) is 7.71. The predicted octanol–water partition coefficient (Wildman–Crippen LogP) is 14.1. The van der Waals surface area contributed by atoms with Crippen LogP contribution in [0.1, 0.15) is 11.1 Å². The van der Waals surface area contributed by atoms with Crippen LogP contribution in [0.2, 0.25) is 0 Å². The van der Waals surface area contributed by atoms with Crippen molar-refractivity contribution in [3.8, 4) is 39.4 Å². The van der Waals surface area contributed by atoms with Crippen LogP contribution in [0.4, 0.5) is 17.1 Å². The summed E-state index contributed by atoms with van der Waals surface area (Å²) in [6.45, 7) is 8.11. The molecule has 0 saturated carbocycles. The van der Waals surface area contributed by atoms with Gasteiger partial charge in [0.25, 0.3) is 0 Å². The van der Waals surface area contributed by atoms with E-state index in [2.05, 4.69) is 189 Å². The van der Waals surface area contributed by atoms with Crippen LogP contribution in [0.5, 0.6) is 0 Å². The molecule has 0 aliphatic rings. The summed E-state index contributed by atoms with van der Waals surface area (Å²) in [6.07, 6.45) is 0. The summed E-state index contributed by atoms with van der Waals surface area (Å²) in [5, 5.41) is 20.0. The molecule has 9 aromatic rings. The largest absolute Gasteiger partial charge is 0.397 e. The molecule has 0 unspecified atom stereocenters. The lowest BCUT2D eigenvalue weighted by atomic mass is 9.85. The van der Waals surface area contributed by atoms with Gasteiger partial charge in [-0.25, -0.2) is 0 Å². The average molecular weight is 708 g/mol. The normalized spacial score (nSPS) is 10.5. The number of anilines is 3. The number of nitrogens with zero attached hydrogens (tertiary/aromatic N) is 1. The van der Waals surface area contributed by atoms with Crippen LogP contribution >= 0.6 is 0 Å². The highest BCUT2D eigenvalue weighted by atomic mass is 14.9. The second kappa shape index (κ2) is 16.5. The Bertz CT molecular complexity index is 2740. The molecule has 0 bridgehead atoms. The highest BCUT2D eigenvalue weighted by Crippen LogP contribution is 2.44. The molecule has 0 amide bonds. The van der Waals surface area contributed by atoms with Gasteiger partial charge in [0.2, 0.25) is 0 Å². The summed E-state index contributed by atoms with van der Waals surface area (Å²) in [5.41, 5.74) is 17.7. The summed E-state index contributed by atoms with van der Waals surface area (Å²) in [4.78, 5) is 0. The van der Waals surface area contributed by atoms with Crippen molar-refractivity contribution >= 4 is 49.4 Å². The van der Waals surface area contributed by atoms with E-state index in [4.69, 9.17) is 5.73 Å². The van der Waals surface area contributed by atoms with Crippen LogP contribution in [-0.2, 0) is 0 Å². The van der Waals surface area contributed by atoms with E-state index in [0.717, 1.165) is 16.9 Å². The molecule has 0 heterocycles. The standard InChI is InChI=1S/C37H25N3.C13H12.C2H4/c38-23-24-16-19-35(34(39)20-24)40-29-11-7-10-27(22-29)36-30-12-3-5-14-32(30)37(33-15-6-4-13-31(33)36)28-18-17-25-8-1-2-9-26(25)21-28;1-11-7-9-13(10-8-11)12-5-3-2-4-6-12;1-2/h1-22,40H,39H2;2-10H,1H3;1-2H2. The lowest BCUT2D eigenvalue weighted by molar-refractivity contribution is 1.47. The number of nitrogens with two attached hydrogens (primary N) is 1. The van der Waals surface area contributed by atoms with Gasteiger partial charge < -0.3 is 11.1 Å². The van der Waals surface area contributed by atoms with Gasteiger partial charge in [0.1, 0.15) is 0 Å².